The number of hydrogen-bond donors (Lipinski definition) is 1. The lowest BCUT2D eigenvalue weighted by atomic mass is 9.88. The van der Waals surface area contributed by atoms with Crippen LogP contribution in [0, 0.1) is 13.8 Å². The van der Waals surface area contributed by atoms with Crippen LogP contribution in [0.25, 0.3) is 5.57 Å². The van der Waals surface area contributed by atoms with Crippen molar-refractivity contribution in [3.8, 4) is 0 Å². The van der Waals surface area contributed by atoms with E-state index in [2.05, 4.69) is 147 Å². The van der Waals surface area contributed by atoms with Gasteiger partial charge in [-0.3, -0.25) is 4.55 Å². The Morgan fingerprint density at radius 1 is 0.700 bits per heavy atom. The van der Waals surface area contributed by atoms with Crippen molar-refractivity contribution in [1.29, 1.82) is 0 Å². The minimum Gasteiger partial charge on any atom is -0.372 e. The molecule has 0 heterocycles. The van der Waals surface area contributed by atoms with Gasteiger partial charge >= 0.3 is 0 Å². The van der Waals surface area contributed by atoms with Gasteiger partial charge in [-0.25, -0.2) is 4.58 Å². The van der Waals surface area contributed by atoms with Crippen molar-refractivity contribution in [2.75, 3.05) is 36.0 Å². The molecule has 0 saturated carbocycles. The molecule has 0 unspecified atom stereocenters. The van der Waals surface area contributed by atoms with Crippen LogP contribution >= 0.6 is 0 Å². The first-order valence-corrected chi connectivity index (χ1v) is 19.0. The van der Waals surface area contributed by atoms with E-state index in [0.717, 1.165) is 55.1 Å². The molecule has 0 aliphatic heterocycles. The zero-order valence-corrected chi connectivity index (χ0v) is 31.0. The molecule has 0 atom stereocenters. The van der Waals surface area contributed by atoms with Gasteiger partial charge in [0.15, 0.2) is 12.3 Å². The van der Waals surface area contributed by atoms with E-state index in [0.29, 0.717) is 6.54 Å². The Balaban J connectivity index is 1.53. The smallest absolute Gasteiger partial charge is 0.294 e. The van der Waals surface area contributed by atoms with Crippen molar-refractivity contribution in [2.24, 2.45) is 0 Å². The van der Waals surface area contributed by atoms with Crippen LogP contribution in [0.1, 0.15) is 61.1 Å². The second-order valence-electron chi connectivity index (χ2n) is 12.8. The van der Waals surface area contributed by atoms with Crippen molar-refractivity contribution >= 4 is 32.8 Å². The molecule has 7 heteroatoms. The molecule has 0 amide bonds. The number of rotatable bonds is 13. The van der Waals surface area contributed by atoms with Gasteiger partial charge in [-0.05, 0) is 130 Å². The zero-order valence-electron chi connectivity index (χ0n) is 30.2. The van der Waals surface area contributed by atoms with Gasteiger partial charge in [-0.1, -0.05) is 54.1 Å². The summed E-state index contributed by atoms with van der Waals surface area (Å²) in [6.45, 7) is 17.9. The van der Waals surface area contributed by atoms with Gasteiger partial charge in [0.1, 0.15) is 6.54 Å². The molecule has 50 heavy (non-hydrogen) atoms. The average molecular weight is 689 g/mol. The lowest BCUT2D eigenvalue weighted by Crippen LogP contribution is -2.22. The Labute approximate surface area is 299 Å². The number of hydrogen-bond acceptors (Lipinski definition) is 4. The lowest BCUT2D eigenvalue weighted by molar-refractivity contribution is -0.539. The second-order valence-corrected chi connectivity index (χ2v) is 14.2. The van der Waals surface area contributed by atoms with E-state index < -0.39 is 10.1 Å². The Morgan fingerprint density at radius 2 is 1.34 bits per heavy atom. The average Bonchev–Trinajstić information content (AvgIpc) is 3.11. The van der Waals surface area contributed by atoms with E-state index in [-0.39, 0.29) is 4.90 Å². The maximum atomic E-state index is 11.7. The summed E-state index contributed by atoms with van der Waals surface area (Å²) in [5.41, 5.74) is 12.7. The molecule has 5 rings (SSSR count). The predicted octanol–water partition coefficient (Wildman–Crippen LogP) is 9.02. The fraction of sp³-hybridized carbons (Fsp3) is 0.279. The Hall–Kier alpha value is -4.72. The standard InChI is InChI=1S/C43H49N3O3S/c1-7-44(8-2)40-25-26-42(33(6)28-40)43(36-17-21-38(22-18-36)45(9-3)30-34-14-11-13-32(5)27-34)37-19-23-39(24-20-37)46(10-4)31-35-15-12-16-41(29-35)50(47,48)49/h11-29H,7-10,30-31H2,1-6H3/p+1. The Bertz CT molecular complexity index is 2040. The molecular weight excluding hydrogens is 639 g/mol. The SMILES string of the molecule is CCN(CC)c1ccc(C(=C2C=CC(=[N+](CC)Cc3cccc(C)c3)C=C2)c2ccc(N(CC)Cc3cccc(S(=O)(=O)O)c3)cc2)c(C)c1. The zero-order chi connectivity index (χ0) is 35.8. The molecule has 4 aromatic carbocycles. The monoisotopic (exact) mass is 688 g/mol. The molecule has 0 aromatic heterocycles. The van der Waals surface area contributed by atoms with E-state index in [1.165, 1.54) is 51.4 Å². The van der Waals surface area contributed by atoms with Gasteiger partial charge in [0, 0.05) is 55.3 Å². The van der Waals surface area contributed by atoms with Crippen molar-refractivity contribution in [2.45, 2.75) is 59.5 Å². The Morgan fingerprint density at radius 3 is 1.94 bits per heavy atom. The van der Waals surface area contributed by atoms with E-state index in [9.17, 15) is 13.0 Å². The quantitative estimate of drug-likeness (QED) is 0.112. The summed E-state index contributed by atoms with van der Waals surface area (Å²) in [4.78, 5) is 4.48. The molecular formula is C43H50N3O3S+. The summed E-state index contributed by atoms with van der Waals surface area (Å²) in [6.07, 6.45) is 8.97. The van der Waals surface area contributed by atoms with Crippen molar-refractivity contribution in [3.05, 3.63) is 154 Å². The molecule has 0 radical (unpaired) electrons. The molecule has 4 aromatic rings. The number of anilines is 2. The highest BCUT2D eigenvalue weighted by Gasteiger charge is 2.19. The molecule has 0 spiro atoms. The highest BCUT2D eigenvalue weighted by molar-refractivity contribution is 7.85. The lowest BCUT2D eigenvalue weighted by Gasteiger charge is -2.25. The molecule has 1 N–H and O–H groups in total. The van der Waals surface area contributed by atoms with Crippen LogP contribution in [0.15, 0.2) is 126 Å². The minimum absolute atomic E-state index is 0.0914. The van der Waals surface area contributed by atoms with Crippen molar-refractivity contribution in [1.82, 2.24) is 0 Å². The topological polar surface area (TPSA) is 63.9 Å². The maximum absolute atomic E-state index is 11.7. The molecule has 6 nitrogen and oxygen atoms in total. The second kappa shape index (κ2) is 16.3. The number of allylic oxidation sites excluding steroid dienone is 5. The van der Waals surface area contributed by atoms with Crippen molar-refractivity contribution < 1.29 is 17.5 Å². The van der Waals surface area contributed by atoms with Gasteiger partial charge in [0.2, 0.25) is 0 Å². The van der Waals surface area contributed by atoms with Gasteiger partial charge < -0.3 is 9.80 Å². The third kappa shape index (κ3) is 8.70. The first kappa shape index (κ1) is 36.6. The number of nitrogens with zero attached hydrogens (tertiary/aromatic N) is 3. The van der Waals surface area contributed by atoms with E-state index >= 15 is 0 Å². The number of benzene rings is 4. The summed E-state index contributed by atoms with van der Waals surface area (Å²) in [7, 11) is -4.27. The largest absolute Gasteiger partial charge is 0.372 e. The molecule has 260 valence electrons. The van der Waals surface area contributed by atoms with Gasteiger partial charge in [0.05, 0.1) is 4.90 Å². The first-order chi connectivity index (χ1) is 24.0. The third-order valence-corrected chi connectivity index (χ3v) is 10.3. The summed E-state index contributed by atoms with van der Waals surface area (Å²) in [5, 5.41) is 0. The summed E-state index contributed by atoms with van der Waals surface area (Å²) < 4.78 is 35.4. The van der Waals surface area contributed by atoms with Crippen LogP contribution in [-0.4, -0.2) is 49.4 Å². The number of aryl methyl sites for hydroxylation is 2. The van der Waals surface area contributed by atoms with Crippen LogP contribution in [0.2, 0.25) is 0 Å². The molecule has 0 bridgehead atoms. The Kier molecular flexibility index (Phi) is 11.9. The van der Waals surface area contributed by atoms with Crippen LogP contribution in [0.4, 0.5) is 11.4 Å². The molecule has 0 saturated heterocycles. The van der Waals surface area contributed by atoms with Gasteiger partial charge in [-0.2, -0.15) is 8.42 Å². The predicted molar refractivity (Wildman–Crippen MR) is 209 cm³/mol. The summed E-state index contributed by atoms with van der Waals surface area (Å²) >= 11 is 0. The van der Waals surface area contributed by atoms with E-state index in [4.69, 9.17) is 0 Å². The van der Waals surface area contributed by atoms with Crippen LogP contribution in [0.3, 0.4) is 0 Å². The maximum Gasteiger partial charge on any atom is 0.294 e. The van der Waals surface area contributed by atoms with E-state index in [1.807, 2.05) is 6.07 Å². The highest BCUT2D eigenvalue weighted by Crippen LogP contribution is 2.35. The first-order valence-electron chi connectivity index (χ1n) is 17.6. The normalized spacial score (nSPS) is 12.7. The fourth-order valence-corrected chi connectivity index (χ4v) is 7.25. The van der Waals surface area contributed by atoms with Crippen molar-refractivity contribution in [3.63, 3.8) is 0 Å². The van der Waals surface area contributed by atoms with Gasteiger partial charge in [-0.15, -0.1) is 0 Å². The highest BCUT2D eigenvalue weighted by atomic mass is 32.2. The third-order valence-electron chi connectivity index (χ3n) is 9.44. The summed E-state index contributed by atoms with van der Waals surface area (Å²) in [6, 6.07) is 30.6. The van der Waals surface area contributed by atoms with Crippen LogP contribution < -0.4 is 9.80 Å². The fourth-order valence-electron chi connectivity index (χ4n) is 6.70. The molecule has 0 fully saturated rings. The van der Waals surface area contributed by atoms with Crippen LogP contribution in [0.5, 0.6) is 0 Å². The van der Waals surface area contributed by atoms with E-state index in [1.54, 1.807) is 6.07 Å². The van der Waals surface area contributed by atoms with Gasteiger partial charge in [0.25, 0.3) is 10.1 Å². The molecule has 1 aliphatic carbocycles. The minimum atomic E-state index is -4.27. The van der Waals surface area contributed by atoms with Crippen LogP contribution in [-0.2, 0) is 23.2 Å². The summed E-state index contributed by atoms with van der Waals surface area (Å²) in [5.74, 6) is 0. The molecule has 1 aliphatic rings.